The Hall–Kier alpha value is -0.810. The summed E-state index contributed by atoms with van der Waals surface area (Å²) in [6.07, 6.45) is 3.81. The zero-order valence-electron chi connectivity index (χ0n) is 14.6. The highest BCUT2D eigenvalue weighted by Gasteiger charge is 2.37. The van der Waals surface area contributed by atoms with E-state index in [1.165, 1.54) is 6.42 Å². The summed E-state index contributed by atoms with van der Waals surface area (Å²) in [6, 6.07) is 0.489. The third-order valence-electron chi connectivity index (χ3n) is 5.10. The van der Waals surface area contributed by atoms with Gasteiger partial charge in [-0.3, -0.25) is 0 Å². The van der Waals surface area contributed by atoms with Crippen molar-refractivity contribution in [2.75, 3.05) is 33.2 Å². The van der Waals surface area contributed by atoms with Crippen molar-refractivity contribution in [2.45, 2.75) is 58.6 Å². The van der Waals surface area contributed by atoms with E-state index < -0.39 is 0 Å². The number of nitrogens with zero attached hydrogens (tertiary/aromatic N) is 2. The van der Waals surface area contributed by atoms with Gasteiger partial charge in [0.1, 0.15) is 0 Å². The quantitative estimate of drug-likeness (QED) is 0.834. The average molecular weight is 311 g/mol. The molecule has 0 aromatic rings. The molecule has 3 atom stereocenters. The van der Waals surface area contributed by atoms with Gasteiger partial charge in [0.05, 0.1) is 6.10 Å². The van der Waals surface area contributed by atoms with Crippen molar-refractivity contribution in [2.24, 2.45) is 11.3 Å². The van der Waals surface area contributed by atoms with Crippen LogP contribution < -0.4 is 5.32 Å². The number of piperidine rings is 2. The number of nitrogens with one attached hydrogen (secondary N) is 1. The number of hydrogen-bond donors (Lipinski definition) is 2. The molecule has 2 heterocycles. The Morgan fingerprint density at radius 1 is 1.36 bits per heavy atom. The van der Waals surface area contributed by atoms with Crippen LogP contribution in [-0.4, -0.2) is 66.3 Å². The molecule has 2 aliphatic heterocycles. The SMILES string of the molecule is CC(O)CC(C)(C)CNC(=O)N1CCCC2CN(C)CCC21. The first-order chi connectivity index (χ1) is 10.3. The first-order valence-electron chi connectivity index (χ1n) is 8.69. The Morgan fingerprint density at radius 2 is 2.09 bits per heavy atom. The van der Waals surface area contributed by atoms with Crippen molar-refractivity contribution in [3.05, 3.63) is 0 Å². The zero-order valence-corrected chi connectivity index (χ0v) is 14.6. The van der Waals surface area contributed by atoms with Gasteiger partial charge >= 0.3 is 6.03 Å². The zero-order chi connectivity index (χ0) is 16.3. The van der Waals surface area contributed by atoms with Crippen LogP contribution in [0.1, 0.15) is 46.5 Å². The van der Waals surface area contributed by atoms with Crippen LogP contribution in [0.2, 0.25) is 0 Å². The molecule has 5 nitrogen and oxygen atoms in total. The molecule has 3 unspecified atom stereocenters. The topological polar surface area (TPSA) is 55.8 Å². The molecule has 2 saturated heterocycles. The van der Waals surface area contributed by atoms with Gasteiger partial charge in [0.2, 0.25) is 0 Å². The molecule has 0 radical (unpaired) electrons. The molecule has 22 heavy (non-hydrogen) atoms. The van der Waals surface area contributed by atoms with E-state index in [0.29, 0.717) is 24.9 Å². The number of fused-ring (bicyclic) bond motifs is 1. The first-order valence-corrected chi connectivity index (χ1v) is 8.69. The van der Waals surface area contributed by atoms with Crippen LogP contribution in [0.25, 0.3) is 0 Å². The number of amides is 2. The van der Waals surface area contributed by atoms with Crippen LogP contribution in [0, 0.1) is 11.3 Å². The number of rotatable bonds is 4. The minimum absolute atomic E-state index is 0.0776. The Bertz CT molecular complexity index is 384. The normalized spacial score (nSPS) is 28.1. The van der Waals surface area contributed by atoms with Gasteiger partial charge in [-0.05, 0) is 57.5 Å². The molecule has 128 valence electrons. The van der Waals surface area contributed by atoms with Crippen molar-refractivity contribution in [1.82, 2.24) is 15.1 Å². The van der Waals surface area contributed by atoms with Gasteiger partial charge in [-0.2, -0.15) is 0 Å². The van der Waals surface area contributed by atoms with Crippen molar-refractivity contribution >= 4 is 6.03 Å². The van der Waals surface area contributed by atoms with E-state index >= 15 is 0 Å². The second kappa shape index (κ2) is 7.18. The number of urea groups is 1. The van der Waals surface area contributed by atoms with E-state index in [1.54, 1.807) is 6.92 Å². The summed E-state index contributed by atoms with van der Waals surface area (Å²) in [7, 11) is 2.17. The molecule has 0 bridgehead atoms. The van der Waals surface area contributed by atoms with E-state index in [0.717, 1.165) is 32.5 Å². The number of carbonyl (C=O) groups is 1. The van der Waals surface area contributed by atoms with E-state index in [4.69, 9.17) is 0 Å². The van der Waals surface area contributed by atoms with Gasteiger partial charge in [-0.1, -0.05) is 13.8 Å². The van der Waals surface area contributed by atoms with Crippen LogP contribution >= 0.6 is 0 Å². The van der Waals surface area contributed by atoms with Gasteiger partial charge in [-0.15, -0.1) is 0 Å². The molecule has 2 N–H and O–H groups in total. The van der Waals surface area contributed by atoms with Gasteiger partial charge < -0.3 is 20.2 Å². The van der Waals surface area contributed by atoms with E-state index in [2.05, 4.69) is 36.0 Å². The molecule has 0 aliphatic carbocycles. The Morgan fingerprint density at radius 3 is 2.77 bits per heavy atom. The van der Waals surface area contributed by atoms with E-state index in [-0.39, 0.29) is 17.6 Å². The summed E-state index contributed by atoms with van der Waals surface area (Å²) in [5.41, 5.74) is -0.0776. The number of aliphatic hydroxyl groups excluding tert-OH is 1. The number of likely N-dealkylation sites (tertiary alicyclic amines) is 2. The summed E-state index contributed by atoms with van der Waals surface area (Å²) >= 11 is 0. The molecule has 5 heteroatoms. The van der Waals surface area contributed by atoms with Crippen LogP contribution in [-0.2, 0) is 0 Å². The number of hydrogen-bond acceptors (Lipinski definition) is 3. The maximum absolute atomic E-state index is 12.6. The van der Waals surface area contributed by atoms with E-state index in [1.807, 2.05) is 0 Å². The molecule has 2 aliphatic rings. The molecule has 2 amide bonds. The Balaban J connectivity index is 1.89. The summed E-state index contributed by atoms with van der Waals surface area (Å²) < 4.78 is 0. The molecular formula is C17H33N3O2. The summed E-state index contributed by atoms with van der Waals surface area (Å²) in [5.74, 6) is 0.628. The third-order valence-corrected chi connectivity index (χ3v) is 5.10. The largest absolute Gasteiger partial charge is 0.393 e. The fourth-order valence-corrected chi connectivity index (χ4v) is 4.13. The predicted molar refractivity (Wildman–Crippen MR) is 88.8 cm³/mol. The third kappa shape index (κ3) is 4.59. The highest BCUT2D eigenvalue weighted by Crippen LogP contribution is 2.30. The van der Waals surface area contributed by atoms with Crippen LogP contribution in [0.4, 0.5) is 4.79 Å². The van der Waals surface area contributed by atoms with E-state index in [9.17, 15) is 9.90 Å². The molecule has 2 fully saturated rings. The van der Waals surface area contributed by atoms with Crippen LogP contribution in [0.15, 0.2) is 0 Å². The monoisotopic (exact) mass is 311 g/mol. The summed E-state index contributed by atoms with van der Waals surface area (Å²) in [5, 5.41) is 12.7. The lowest BCUT2D eigenvalue weighted by Gasteiger charge is -2.46. The second-order valence-electron chi connectivity index (χ2n) is 8.09. The van der Waals surface area contributed by atoms with Gasteiger partial charge in [0.15, 0.2) is 0 Å². The smallest absolute Gasteiger partial charge is 0.317 e. The first kappa shape index (κ1) is 17.5. The van der Waals surface area contributed by atoms with Gasteiger partial charge in [0.25, 0.3) is 0 Å². The summed E-state index contributed by atoms with van der Waals surface area (Å²) in [6.45, 7) is 9.68. The van der Waals surface area contributed by atoms with Gasteiger partial charge in [-0.25, -0.2) is 4.79 Å². The van der Waals surface area contributed by atoms with Crippen molar-refractivity contribution < 1.29 is 9.90 Å². The van der Waals surface area contributed by atoms with Crippen molar-refractivity contribution in [3.63, 3.8) is 0 Å². The highest BCUT2D eigenvalue weighted by atomic mass is 16.3. The molecule has 0 aromatic heterocycles. The second-order valence-corrected chi connectivity index (χ2v) is 8.09. The minimum Gasteiger partial charge on any atom is -0.393 e. The fraction of sp³-hybridized carbons (Fsp3) is 0.941. The molecule has 2 rings (SSSR count). The lowest BCUT2D eigenvalue weighted by Crippen LogP contribution is -2.57. The number of aliphatic hydroxyl groups is 1. The molecule has 0 spiro atoms. The lowest BCUT2D eigenvalue weighted by molar-refractivity contribution is 0.0516. The van der Waals surface area contributed by atoms with Crippen LogP contribution in [0.5, 0.6) is 0 Å². The maximum Gasteiger partial charge on any atom is 0.317 e. The van der Waals surface area contributed by atoms with Gasteiger partial charge in [0, 0.05) is 25.7 Å². The molecule has 0 aromatic carbocycles. The Labute approximate surface area is 135 Å². The number of carbonyl (C=O) groups excluding carboxylic acids is 1. The maximum atomic E-state index is 12.6. The average Bonchev–Trinajstić information content (AvgIpc) is 2.42. The molecule has 0 saturated carbocycles. The minimum atomic E-state index is -0.333. The standard InChI is InChI=1S/C17H33N3O2/c1-13(21)10-17(2,3)12-18-16(22)20-8-5-6-14-11-19(4)9-7-15(14)20/h13-15,21H,5-12H2,1-4H3,(H,18,22). The predicted octanol–water partition coefficient (Wildman–Crippen LogP) is 1.91. The van der Waals surface area contributed by atoms with Crippen LogP contribution in [0.3, 0.4) is 0 Å². The molecular weight excluding hydrogens is 278 g/mol. The Kier molecular flexibility index (Phi) is 5.72. The highest BCUT2D eigenvalue weighted by molar-refractivity contribution is 5.74. The lowest BCUT2D eigenvalue weighted by atomic mass is 9.84. The van der Waals surface area contributed by atoms with Crippen molar-refractivity contribution in [1.29, 1.82) is 0 Å². The van der Waals surface area contributed by atoms with Crippen molar-refractivity contribution in [3.8, 4) is 0 Å². The fourth-order valence-electron chi connectivity index (χ4n) is 4.13. The summed E-state index contributed by atoms with van der Waals surface area (Å²) in [4.78, 5) is 17.1.